The fourth-order valence-electron chi connectivity index (χ4n) is 2.43. The van der Waals surface area contributed by atoms with Gasteiger partial charge in [0.25, 0.3) is 10.0 Å². The zero-order valence-electron chi connectivity index (χ0n) is 15.5. The molecule has 0 spiro atoms. The molecule has 0 bridgehead atoms. The van der Waals surface area contributed by atoms with Gasteiger partial charge in [0.1, 0.15) is 16.4 Å². The number of alkyl halides is 6. The van der Waals surface area contributed by atoms with Gasteiger partial charge in [0.2, 0.25) is 0 Å². The van der Waals surface area contributed by atoms with Gasteiger partial charge in [-0.3, -0.25) is 4.31 Å². The van der Waals surface area contributed by atoms with Crippen LogP contribution in [-0.4, -0.2) is 40.5 Å². The number of halogens is 6. The minimum Gasteiger partial charge on any atom is -0.484 e. The van der Waals surface area contributed by atoms with Gasteiger partial charge in [-0.2, -0.15) is 26.3 Å². The van der Waals surface area contributed by atoms with E-state index in [9.17, 15) is 34.8 Å². The topological polar surface area (TPSA) is 55.8 Å². The average molecular weight is 457 g/mol. The van der Waals surface area contributed by atoms with Crippen molar-refractivity contribution < 1.29 is 44.2 Å². The maximum absolute atomic E-state index is 13.1. The Hall–Kier alpha value is -2.63. The van der Waals surface area contributed by atoms with Gasteiger partial charge in [-0.25, -0.2) is 8.42 Å². The zero-order valence-corrected chi connectivity index (χ0v) is 16.3. The summed E-state index contributed by atoms with van der Waals surface area (Å²) in [6, 6.07) is 10.1. The minimum atomic E-state index is -4.75. The van der Waals surface area contributed by atoms with Gasteiger partial charge in [-0.05, 0) is 31.2 Å². The number of hydrogen-bond acceptors (Lipinski definition) is 4. The third kappa shape index (κ3) is 6.44. The molecule has 0 aliphatic rings. The number of rotatable bonds is 8. The van der Waals surface area contributed by atoms with Gasteiger partial charge in [0.15, 0.2) is 13.2 Å². The quantitative estimate of drug-likeness (QED) is 0.536. The fraction of sp³-hybridized carbons (Fsp3) is 0.333. The molecular formula is C18H17F6NO4S. The average Bonchev–Trinajstić information content (AvgIpc) is 2.65. The van der Waals surface area contributed by atoms with Crippen LogP contribution in [0.15, 0.2) is 53.4 Å². The summed E-state index contributed by atoms with van der Waals surface area (Å²) in [6.45, 7) is -2.09. The molecule has 0 atom stereocenters. The highest BCUT2D eigenvalue weighted by Crippen LogP contribution is 2.34. The molecule has 0 unspecified atom stereocenters. The van der Waals surface area contributed by atoms with E-state index >= 15 is 0 Å². The molecule has 0 aromatic heterocycles. The van der Waals surface area contributed by atoms with Crippen LogP contribution < -0.4 is 13.8 Å². The molecule has 12 heteroatoms. The summed E-state index contributed by atoms with van der Waals surface area (Å²) in [5.74, 6) is -1.16. The summed E-state index contributed by atoms with van der Waals surface area (Å²) >= 11 is 0. The Balaban J connectivity index is 2.50. The first-order chi connectivity index (χ1) is 13.8. The van der Waals surface area contributed by atoms with Gasteiger partial charge in [-0.15, -0.1) is 0 Å². The molecule has 0 aliphatic carbocycles. The van der Waals surface area contributed by atoms with E-state index in [1.807, 2.05) is 0 Å². The van der Waals surface area contributed by atoms with E-state index in [-0.39, 0.29) is 12.2 Å². The molecular weight excluding hydrogens is 440 g/mol. The van der Waals surface area contributed by atoms with Crippen LogP contribution in [0.3, 0.4) is 0 Å². The van der Waals surface area contributed by atoms with Crippen molar-refractivity contribution in [2.24, 2.45) is 0 Å². The zero-order chi connectivity index (χ0) is 22.6. The number of nitrogens with zero attached hydrogens (tertiary/aromatic N) is 1. The largest absolute Gasteiger partial charge is 0.484 e. The van der Waals surface area contributed by atoms with E-state index in [0.717, 1.165) is 16.4 Å². The first-order valence-electron chi connectivity index (χ1n) is 8.44. The Kier molecular flexibility index (Phi) is 7.11. The highest BCUT2D eigenvalue weighted by Gasteiger charge is 2.33. The maximum Gasteiger partial charge on any atom is 0.422 e. The van der Waals surface area contributed by atoms with Crippen molar-refractivity contribution in [1.82, 2.24) is 0 Å². The van der Waals surface area contributed by atoms with Crippen molar-refractivity contribution in [3.05, 3.63) is 48.5 Å². The van der Waals surface area contributed by atoms with Crippen LogP contribution in [0.25, 0.3) is 0 Å². The summed E-state index contributed by atoms with van der Waals surface area (Å²) in [7, 11) is -4.50. The summed E-state index contributed by atoms with van der Waals surface area (Å²) in [6.07, 6.45) is -9.44. The van der Waals surface area contributed by atoms with Crippen molar-refractivity contribution in [3.63, 3.8) is 0 Å². The second-order valence-corrected chi connectivity index (χ2v) is 7.75. The molecule has 2 aromatic carbocycles. The molecule has 0 saturated carbocycles. The lowest BCUT2D eigenvalue weighted by Crippen LogP contribution is -2.31. The molecule has 0 saturated heterocycles. The van der Waals surface area contributed by atoms with Crippen molar-refractivity contribution in [3.8, 4) is 11.5 Å². The fourth-order valence-corrected chi connectivity index (χ4v) is 4.05. The Morgan fingerprint density at radius 1 is 0.867 bits per heavy atom. The lowest BCUT2D eigenvalue weighted by molar-refractivity contribution is -0.154. The third-order valence-electron chi connectivity index (χ3n) is 3.61. The highest BCUT2D eigenvalue weighted by molar-refractivity contribution is 7.93. The third-order valence-corrected chi connectivity index (χ3v) is 5.53. The molecule has 166 valence electrons. The van der Waals surface area contributed by atoms with Gasteiger partial charge < -0.3 is 9.47 Å². The second kappa shape index (κ2) is 9.02. The number of para-hydroxylation sites is 1. The molecule has 0 fully saturated rings. The molecule has 5 nitrogen and oxygen atoms in total. The maximum atomic E-state index is 13.1. The van der Waals surface area contributed by atoms with Crippen LogP contribution in [-0.2, 0) is 10.0 Å². The number of sulfonamides is 1. The number of hydrogen-bond donors (Lipinski definition) is 0. The van der Waals surface area contributed by atoms with Gasteiger partial charge >= 0.3 is 12.4 Å². The van der Waals surface area contributed by atoms with Gasteiger partial charge in [-0.1, -0.05) is 18.2 Å². The first kappa shape index (κ1) is 23.6. The van der Waals surface area contributed by atoms with Crippen molar-refractivity contribution in [2.45, 2.75) is 24.2 Å². The van der Waals surface area contributed by atoms with Crippen LogP contribution in [0, 0.1) is 0 Å². The smallest absolute Gasteiger partial charge is 0.422 e. The van der Waals surface area contributed by atoms with Crippen molar-refractivity contribution in [2.75, 3.05) is 24.1 Å². The van der Waals surface area contributed by atoms with Crippen molar-refractivity contribution >= 4 is 15.7 Å². The minimum absolute atomic E-state index is 0.0985. The van der Waals surface area contributed by atoms with Crippen LogP contribution >= 0.6 is 0 Å². The molecule has 0 radical (unpaired) electrons. The monoisotopic (exact) mass is 457 g/mol. The van der Waals surface area contributed by atoms with E-state index < -0.39 is 52.0 Å². The Morgan fingerprint density at radius 3 is 1.97 bits per heavy atom. The molecule has 0 N–H and O–H groups in total. The first-order valence-corrected chi connectivity index (χ1v) is 9.88. The summed E-state index contributed by atoms with van der Waals surface area (Å²) < 4.78 is 111. The molecule has 30 heavy (non-hydrogen) atoms. The molecule has 0 heterocycles. The van der Waals surface area contributed by atoms with E-state index in [1.54, 1.807) is 18.2 Å². The molecule has 0 aliphatic heterocycles. The van der Waals surface area contributed by atoms with E-state index in [2.05, 4.69) is 9.47 Å². The SMILES string of the molecule is CCN(c1ccccc1)S(=O)(=O)c1cc(OCC(F)(F)F)ccc1OCC(F)(F)F. The lowest BCUT2D eigenvalue weighted by Gasteiger charge is -2.24. The summed E-state index contributed by atoms with van der Waals surface area (Å²) in [5.41, 5.74) is 0.211. The Morgan fingerprint density at radius 2 is 1.43 bits per heavy atom. The van der Waals surface area contributed by atoms with Crippen LogP contribution in [0.5, 0.6) is 11.5 Å². The summed E-state index contributed by atoms with van der Waals surface area (Å²) in [5, 5.41) is 0. The number of anilines is 1. The predicted molar refractivity (Wildman–Crippen MR) is 96.2 cm³/mol. The highest BCUT2D eigenvalue weighted by atomic mass is 32.2. The van der Waals surface area contributed by atoms with Crippen LogP contribution in [0.4, 0.5) is 32.0 Å². The lowest BCUT2D eigenvalue weighted by atomic mass is 10.3. The number of ether oxygens (including phenoxy) is 2. The number of benzene rings is 2. The second-order valence-electron chi connectivity index (χ2n) is 5.92. The Bertz CT molecular complexity index is 945. The van der Waals surface area contributed by atoms with Crippen LogP contribution in [0.1, 0.15) is 6.92 Å². The molecule has 2 aromatic rings. The normalized spacial score (nSPS) is 12.5. The predicted octanol–water partition coefficient (Wildman–Crippen LogP) is 4.78. The van der Waals surface area contributed by atoms with E-state index in [4.69, 9.17) is 0 Å². The Labute approximate surface area is 168 Å². The van der Waals surface area contributed by atoms with Gasteiger partial charge in [0.05, 0.1) is 5.69 Å². The standard InChI is InChI=1S/C18H17F6NO4S/c1-2-25(13-6-4-3-5-7-13)30(26,27)16-10-14(28-11-17(19,20)21)8-9-15(16)29-12-18(22,23)24/h3-10H,2,11-12H2,1H3. The van der Waals surface area contributed by atoms with Crippen LogP contribution in [0.2, 0.25) is 0 Å². The van der Waals surface area contributed by atoms with E-state index in [0.29, 0.717) is 6.07 Å². The van der Waals surface area contributed by atoms with E-state index in [1.165, 1.54) is 19.1 Å². The summed E-state index contributed by atoms with van der Waals surface area (Å²) in [4.78, 5) is -0.753. The molecule has 2 rings (SSSR count). The van der Waals surface area contributed by atoms with Crippen molar-refractivity contribution in [1.29, 1.82) is 0 Å². The van der Waals surface area contributed by atoms with Gasteiger partial charge in [0, 0.05) is 12.6 Å². The molecule has 0 amide bonds.